The Morgan fingerprint density at radius 3 is 2.79 bits per heavy atom. The number of benzene rings is 1. The van der Waals surface area contributed by atoms with Crippen molar-refractivity contribution < 1.29 is 28.0 Å². The predicted molar refractivity (Wildman–Crippen MR) is 136 cm³/mol. The van der Waals surface area contributed by atoms with Crippen LogP contribution in [0.1, 0.15) is 79.1 Å². The molecule has 2 unspecified atom stereocenters. The van der Waals surface area contributed by atoms with Crippen molar-refractivity contribution in [1.82, 2.24) is 25.3 Å². The Hall–Kier alpha value is -3.47. The molecule has 1 aromatic carbocycles. The minimum Gasteiger partial charge on any atom is -0.450 e. The number of aromatic nitrogens is 3. The first kappa shape index (κ1) is 26.1. The molecule has 2 atom stereocenters. The minimum atomic E-state index is -0.626. The van der Waals surface area contributed by atoms with Crippen molar-refractivity contribution in [2.45, 2.75) is 58.5 Å². The van der Waals surface area contributed by atoms with Crippen molar-refractivity contribution in [2.75, 3.05) is 26.4 Å². The van der Waals surface area contributed by atoms with E-state index in [4.69, 9.17) is 14.0 Å². The Kier molecular flexibility index (Phi) is 7.64. The van der Waals surface area contributed by atoms with Gasteiger partial charge in [0.1, 0.15) is 23.2 Å². The Morgan fingerprint density at radius 1 is 1.29 bits per heavy atom. The molecule has 11 heteroatoms. The molecular formula is C27H34FN5O5. The van der Waals surface area contributed by atoms with Crippen LogP contribution in [0.5, 0.6) is 0 Å². The number of halogens is 1. The average Bonchev–Trinajstić information content (AvgIpc) is 3.55. The van der Waals surface area contributed by atoms with Crippen molar-refractivity contribution in [3.05, 3.63) is 46.9 Å². The summed E-state index contributed by atoms with van der Waals surface area (Å²) in [4.78, 5) is 35.1. The molecule has 10 nitrogen and oxygen atoms in total. The molecule has 3 heterocycles. The maximum absolute atomic E-state index is 16.0. The molecule has 1 aliphatic heterocycles. The number of ether oxygens (including phenoxy) is 2. The molecule has 38 heavy (non-hydrogen) atoms. The number of carbonyl (C=O) groups is 2. The van der Waals surface area contributed by atoms with Crippen LogP contribution in [-0.4, -0.2) is 58.4 Å². The highest BCUT2D eigenvalue weighted by Gasteiger charge is 2.34. The number of hydrogen-bond acceptors (Lipinski definition) is 7. The van der Waals surface area contributed by atoms with E-state index in [-0.39, 0.29) is 30.6 Å². The molecule has 3 aromatic rings. The molecule has 204 valence electrons. The molecule has 1 saturated carbocycles. The summed E-state index contributed by atoms with van der Waals surface area (Å²) in [5.41, 5.74) is 1.86. The number of nitrogens with zero attached hydrogens (tertiary/aromatic N) is 3. The molecule has 1 aliphatic carbocycles. The number of carbonyl (C=O) groups excluding carboxylic acids is 2. The molecule has 0 bridgehead atoms. The molecule has 2 fully saturated rings. The highest BCUT2D eigenvalue weighted by atomic mass is 19.1. The largest absolute Gasteiger partial charge is 0.450 e. The van der Waals surface area contributed by atoms with Crippen LogP contribution < -0.4 is 5.32 Å². The SMILES string of the molecule is CCOC(=O)N1CCOCC1c1ccc2[nH]c(C(NC(=O)c3conc3C)C3CCC(C)CC3)nc2c1F. The van der Waals surface area contributed by atoms with E-state index in [1.807, 2.05) is 0 Å². The number of aryl methyl sites for hydroxylation is 1. The van der Waals surface area contributed by atoms with E-state index in [2.05, 4.69) is 27.4 Å². The van der Waals surface area contributed by atoms with Crippen LogP contribution in [0.3, 0.4) is 0 Å². The lowest BCUT2D eigenvalue weighted by atomic mass is 9.79. The molecule has 2 aliphatic rings. The van der Waals surface area contributed by atoms with Gasteiger partial charge in [0.2, 0.25) is 0 Å². The summed E-state index contributed by atoms with van der Waals surface area (Å²) in [6.45, 7) is 6.74. The van der Waals surface area contributed by atoms with Crippen LogP contribution in [0, 0.1) is 24.6 Å². The van der Waals surface area contributed by atoms with Crippen molar-refractivity contribution in [3.63, 3.8) is 0 Å². The van der Waals surface area contributed by atoms with Crippen molar-refractivity contribution in [1.29, 1.82) is 0 Å². The van der Waals surface area contributed by atoms with Gasteiger partial charge in [-0.1, -0.05) is 31.0 Å². The van der Waals surface area contributed by atoms with E-state index in [9.17, 15) is 9.59 Å². The highest BCUT2D eigenvalue weighted by molar-refractivity contribution is 5.95. The highest BCUT2D eigenvalue weighted by Crippen LogP contribution is 2.38. The van der Waals surface area contributed by atoms with Crippen LogP contribution in [0.2, 0.25) is 0 Å². The zero-order valence-corrected chi connectivity index (χ0v) is 22.0. The maximum atomic E-state index is 16.0. The summed E-state index contributed by atoms with van der Waals surface area (Å²) in [5.74, 6) is 0.439. The second-order valence-electron chi connectivity index (χ2n) is 10.3. The van der Waals surface area contributed by atoms with Crippen molar-refractivity contribution >= 4 is 23.0 Å². The summed E-state index contributed by atoms with van der Waals surface area (Å²) < 4.78 is 31.7. The quantitative estimate of drug-likeness (QED) is 0.471. The van der Waals surface area contributed by atoms with E-state index in [0.717, 1.165) is 25.7 Å². The zero-order valence-electron chi connectivity index (χ0n) is 22.0. The zero-order chi connectivity index (χ0) is 26.8. The Morgan fingerprint density at radius 2 is 2.08 bits per heavy atom. The number of imidazole rings is 1. The second-order valence-corrected chi connectivity index (χ2v) is 10.3. The minimum absolute atomic E-state index is 0.143. The fourth-order valence-electron chi connectivity index (χ4n) is 5.53. The van der Waals surface area contributed by atoms with Gasteiger partial charge >= 0.3 is 6.09 Å². The molecular weight excluding hydrogens is 493 g/mol. The Balaban J connectivity index is 1.48. The van der Waals surface area contributed by atoms with Gasteiger partial charge in [-0.3, -0.25) is 9.69 Å². The monoisotopic (exact) mass is 527 g/mol. The Bertz CT molecular complexity index is 1300. The lowest BCUT2D eigenvalue weighted by molar-refractivity contribution is -0.00982. The topological polar surface area (TPSA) is 123 Å². The fourth-order valence-corrected chi connectivity index (χ4v) is 5.53. The smallest absolute Gasteiger partial charge is 0.410 e. The summed E-state index contributed by atoms with van der Waals surface area (Å²) in [6.07, 6.45) is 4.78. The number of amides is 2. The predicted octanol–water partition coefficient (Wildman–Crippen LogP) is 4.83. The lowest BCUT2D eigenvalue weighted by Crippen LogP contribution is -2.44. The van der Waals surface area contributed by atoms with E-state index in [1.165, 1.54) is 11.2 Å². The lowest BCUT2D eigenvalue weighted by Gasteiger charge is -2.35. The standard InChI is InChI=1S/C27H34FN5O5/c1-4-37-27(35)33-11-12-36-14-21(33)18-9-10-20-24(22(18)28)30-25(29-20)23(17-7-5-15(2)6-8-17)31-26(34)19-13-38-32-16(19)3/h9-10,13,15,17,21,23H,4-8,11-12,14H2,1-3H3,(H,29,30)(H,31,34). The average molecular weight is 528 g/mol. The van der Waals surface area contributed by atoms with Crippen LogP contribution in [0.4, 0.5) is 9.18 Å². The van der Waals surface area contributed by atoms with Crippen LogP contribution in [0.15, 0.2) is 22.9 Å². The summed E-state index contributed by atoms with van der Waals surface area (Å²) >= 11 is 0. The Labute approximate surface area is 220 Å². The van der Waals surface area contributed by atoms with Crippen LogP contribution in [0.25, 0.3) is 11.0 Å². The third-order valence-electron chi connectivity index (χ3n) is 7.74. The van der Waals surface area contributed by atoms with Gasteiger partial charge in [0, 0.05) is 12.1 Å². The van der Waals surface area contributed by atoms with Gasteiger partial charge < -0.3 is 24.3 Å². The number of morpholine rings is 1. The number of fused-ring (bicyclic) bond motifs is 1. The van der Waals surface area contributed by atoms with E-state index in [0.29, 0.717) is 47.2 Å². The van der Waals surface area contributed by atoms with Gasteiger partial charge in [-0.2, -0.15) is 0 Å². The molecule has 2 N–H and O–H groups in total. The molecule has 2 amide bonds. The van der Waals surface area contributed by atoms with E-state index >= 15 is 4.39 Å². The number of rotatable bonds is 6. The summed E-state index contributed by atoms with van der Waals surface area (Å²) in [6, 6.07) is 2.35. The van der Waals surface area contributed by atoms with Gasteiger partial charge in [0.25, 0.3) is 5.91 Å². The number of hydrogen-bond donors (Lipinski definition) is 2. The first-order valence-corrected chi connectivity index (χ1v) is 13.3. The molecule has 2 aromatic heterocycles. The summed E-state index contributed by atoms with van der Waals surface area (Å²) in [7, 11) is 0. The first-order chi connectivity index (χ1) is 18.4. The number of H-pyrrole nitrogens is 1. The maximum Gasteiger partial charge on any atom is 0.410 e. The third kappa shape index (κ3) is 5.11. The van der Waals surface area contributed by atoms with Gasteiger partial charge in [-0.25, -0.2) is 14.2 Å². The van der Waals surface area contributed by atoms with E-state index in [1.54, 1.807) is 26.0 Å². The number of aromatic amines is 1. The van der Waals surface area contributed by atoms with Crippen molar-refractivity contribution in [2.24, 2.45) is 11.8 Å². The second kappa shape index (κ2) is 11.1. The molecule has 0 spiro atoms. The number of nitrogens with one attached hydrogen (secondary N) is 2. The fraction of sp³-hybridized carbons (Fsp3) is 0.556. The van der Waals surface area contributed by atoms with Crippen LogP contribution in [-0.2, 0) is 9.47 Å². The summed E-state index contributed by atoms with van der Waals surface area (Å²) in [5, 5.41) is 6.93. The van der Waals surface area contributed by atoms with E-state index < -0.39 is 24.0 Å². The normalized spacial score (nSPS) is 22.8. The molecule has 5 rings (SSSR count). The first-order valence-electron chi connectivity index (χ1n) is 13.3. The van der Waals surface area contributed by atoms with Crippen LogP contribution >= 0.6 is 0 Å². The van der Waals surface area contributed by atoms with Gasteiger partial charge in [0.05, 0.1) is 43.1 Å². The third-order valence-corrected chi connectivity index (χ3v) is 7.74. The van der Waals surface area contributed by atoms with Gasteiger partial charge in [-0.05, 0) is 44.6 Å². The van der Waals surface area contributed by atoms with Crippen molar-refractivity contribution in [3.8, 4) is 0 Å². The molecule has 0 radical (unpaired) electrons. The molecule has 1 saturated heterocycles. The van der Waals surface area contributed by atoms with Gasteiger partial charge in [-0.15, -0.1) is 0 Å². The van der Waals surface area contributed by atoms with Gasteiger partial charge in [0.15, 0.2) is 5.82 Å².